The summed E-state index contributed by atoms with van der Waals surface area (Å²) in [4.78, 5) is 24.6. The van der Waals surface area contributed by atoms with E-state index >= 15 is 0 Å². The van der Waals surface area contributed by atoms with Crippen LogP contribution in [0.5, 0.6) is 28.7 Å². The summed E-state index contributed by atoms with van der Waals surface area (Å²) in [5.74, 6) is -3.38. The van der Waals surface area contributed by atoms with E-state index in [9.17, 15) is 24.9 Å². The number of carbonyl (C=O) groups excluding carboxylic acids is 1. The quantitative estimate of drug-likeness (QED) is 0.413. The Morgan fingerprint density at radius 3 is 2.00 bits per heavy atom. The number of rotatable bonds is 9. The SMILES string of the molecule is CCCc1cc(OC)cc(O)c1C(=O)Oc1c(OC)cc(CCC)c(C(=O)O)c1O. The number of esters is 1. The van der Waals surface area contributed by atoms with Crippen molar-refractivity contribution in [2.24, 2.45) is 0 Å². The second-order valence-electron chi connectivity index (χ2n) is 6.67. The molecular weight excluding hydrogens is 392 g/mol. The summed E-state index contributed by atoms with van der Waals surface area (Å²) in [7, 11) is 2.76. The predicted octanol–water partition coefficient (Wildman–Crippen LogP) is 3.94. The molecule has 0 radical (unpaired) electrons. The minimum atomic E-state index is -1.35. The van der Waals surface area contributed by atoms with Crippen LogP contribution < -0.4 is 14.2 Å². The zero-order valence-electron chi connectivity index (χ0n) is 17.4. The van der Waals surface area contributed by atoms with Crippen LogP contribution in [0.1, 0.15) is 58.5 Å². The first kappa shape index (κ1) is 22.9. The molecule has 8 nitrogen and oxygen atoms in total. The normalized spacial score (nSPS) is 10.5. The Hall–Kier alpha value is -3.42. The lowest BCUT2D eigenvalue weighted by Gasteiger charge is -2.17. The fraction of sp³-hybridized carbons (Fsp3) is 0.364. The molecule has 0 aliphatic heterocycles. The molecule has 2 aromatic carbocycles. The van der Waals surface area contributed by atoms with E-state index in [1.807, 2.05) is 13.8 Å². The highest BCUT2D eigenvalue weighted by Crippen LogP contribution is 2.43. The molecule has 0 saturated heterocycles. The molecule has 0 atom stereocenters. The molecule has 0 saturated carbocycles. The number of methoxy groups -OCH3 is 2. The van der Waals surface area contributed by atoms with Gasteiger partial charge in [0.1, 0.15) is 22.6 Å². The molecule has 0 heterocycles. The first-order chi connectivity index (χ1) is 14.3. The Balaban J connectivity index is 2.59. The highest BCUT2D eigenvalue weighted by molar-refractivity contribution is 5.98. The molecule has 0 unspecified atom stereocenters. The fourth-order valence-corrected chi connectivity index (χ4v) is 3.25. The molecule has 0 bridgehead atoms. The van der Waals surface area contributed by atoms with E-state index in [2.05, 4.69) is 0 Å². The van der Waals surface area contributed by atoms with Gasteiger partial charge in [0, 0.05) is 6.07 Å². The number of carboxylic acid groups (broad SMARTS) is 1. The molecule has 0 spiro atoms. The number of phenols is 2. The van der Waals surface area contributed by atoms with E-state index in [1.165, 1.54) is 26.4 Å². The van der Waals surface area contributed by atoms with Gasteiger partial charge >= 0.3 is 11.9 Å². The highest BCUT2D eigenvalue weighted by atomic mass is 16.6. The van der Waals surface area contributed by atoms with Gasteiger partial charge in [-0.2, -0.15) is 0 Å². The van der Waals surface area contributed by atoms with Gasteiger partial charge in [-0.25, -0.2) is 9.59 Å². The summed E-state index contributed by atoms with van der Waals surface area (Å²) in [6.45, 7) is 3.77. The predicted molar refractivity (Wildman–Crippen MR) is 109 cm³/mol. The molecule has 0 aromatic heterocycles. The largest absolute Gasteiger partial charge is 0.507 e. The third kappa shape index (κ3) is 4.59. The Labute approximate surface area is 174 Å². The number of ether oxygens (including phenoxy) is 3. The van der Waals surface area contributed by atoms with Crippen molar-refractivity contribution in [1.29, 1.82) is 0 Å². The van der Waals surface area contributed by atoms with Crippen molar-refractivity contribution in [2.45, 2.75) is 39.5 Å². The van der Waals surface area contributed by atoms with Crippen LogP contribution in [0, 0.1) is 0 Å². The summed E-state index contributed by atoms with van der Waals surface area (Å²) in [5, 5.41) is 30.5. The lowest BCUT2D eigenvalue weighted by molar-refractivity contribution is 0.0676. The Morgan fingerprint density at radius 1 is 0.900 bits per heavy atom. The molecule has 0 aliphatic carbocycles. The van der Waals surface area contributed by atoms with Crippen molar-refractivity contribution >= 4 is 11.9 Å². The van der Waals surface area contributed by atoms with Gasteiger partial charge in [0.25, 0.3) is 0 Å². The van der Waals surface area contributed by atoms with E-state index in [0.29, 0.717) is 42.6 Å². The maximum absolute atomic E-state index is 12.9. The summed E-state index contributed by atoms with van der Waals surface area (Å²) in [6.07, 6.45) is 2.19. The fourth-order valence-electron chi connectivity index (χ4n) is 3.25. The van der Waals surface area contributed by atoms with E-state index in [0.717, 1.165) is 0 Å². The summed E-state index contributed by atoms with van der Waals surface area (Å²) in [5.41, 5.74) is 0.416. The van der Waals surface area contributed by atoms with Gasteiger partial charge < -0.3 is 29.5 Å². The lowest BCUT2D eigenvalue weighted by Crippen LogP contribution is -2.14. The Kier molecular flexibility index (Phi) is 7.52. The van der Waals surface area contributed by atoms with Crippen molar-refractivity contribution in [1.82, 2.24) is 0 Å². The van der Waals surface area contributed by atoms with Crippen molar-refractivity contribution in [3.8, 4) is 28.7 Å². The number of aryl methyl sites for hydroxylation is 2. The van der Waals surface area contributed by atoms with Crippen LogP contribution in [-0.4, -0.2) is 41.5 Å². The number of aromatic carboxylic acids is 1. The van der Waals surface area contributed by atoms with Gasteiger partial charge in [0.15, 0.2) is 11.5 Å². The highest BCUT2D eigenvalue weighted by Gasteiger charge is 2.28. The van der Waals surface area contributed by atoms with Crippen LogP contribution in [0.4, 0.5) is 0 Å². The molecular formula is C22H26O8. The van der Waals surface area contributed by atoms with E-state index in [1.54, 1.807) is 6.07 Å². The smallest absolute Gasteiger partial charge is 0.347 e. The van der Waals surface area contributed by atoms with Gasteiger partial charge in [-0.15, -0.1) is 0 Å². The van der Waals surface area contributed by atoms with Crippen molar-refractivity contribution in [2.75, 3.05) is 14.2 Å². The van der Waals surface area contributed by atoms with E-state index in [4.69, 9.17) is 14.2 Å². The number of hydrogen-bond acceptors (Lipinski definition) is 7. The molecule has 0 amide bonds. The van der Waals surface area contributed by atoms with E-state index in [-0.39, 0.29) is 22.6 Å². The van der Waals surface area contributed by atoms with Gasteiger partial charge in [-0.05, 0) is 36.1 Å². The molecule has 30 heavy (non-hydrogen) atoms. The maximum Gasteiger partial charge on any atom is 0.347 e. The van der Waals surface area contributed by atoms with Crippen LogP contribution in [0.25, 0.3) is 0 Å². The van der Waals surface area contributed by atoms with Gasteiger partial charge in [-0.1, -0.05) is 26.7 Å². The molecule has 0 fully saturated rings. The summed E-state index contributed by atoms with van der Waals surface area (Å²) < 4.78 is 15.7. The number of aromatic hydroxyl groups is 2. The van der Waals surface area contributed by atoms with Gasteiger partial charge in [0.05, 0.1) is 14.2 Å². The minimum Gasteiger partial charge on any atom is -0.507 e. The first-order valence-corrected chi connectivity index (χ1v) is 9.57. The van der Waals surface area contributed by atoms with Crippen LogP contribution in [0.3, 0.4) is 0 Å². The van der Waals surface area contributed by atoms with Crippen molar-refractivity contribution in [3.63, 3.8) is 0 Å². The van der Waals surface area contributed by atoms with Crippen LogP contribution in [0.15, 0.2) is 18.2 Å². The number of carbonyl (C=O) groups is 2. The minimum absolute atomic E-state index is 0.0133. The number of phenolic OH excluding ortho intramolecular Hbond substituents is 1. The molecule has 162 valence electrons. The maximum atomic E-state index is 12.9. The third-order valence-electron chi connectivity index (χ3n) is 4.58. The average molecular weight is 418 g/mol. The molecule has 8 heteroatoms. The van der Waals surface area contributed by atoms with Gasteiger partial charge in [-0.3, -0.25) is 0 Å². The third-order valence-corrected chi connectivity index (χ3v) is 4.58. The standard InChI is InChI=1S/C22H26O8/c1-5-7-12-9-14(28-3)11-15(23)17(12)22(27)30-20-16(29-4)10-13(8-6-2)18(19(20)24)21(25)26/h9-11,23-24H,5-8H2,1-4H3,(H,25,26). The zero-order chi connectivity index (χ0) is 22.4. The molecule has 3 N–H and O–H groups in total. The van der Waals surface area contributed by atoms with Crippen LogP contribution in [-0.2, 0) is 12.8 Å². The number of carboxylic acids is 1. The second kappa shape index (κ2) is 9.87. The van der Waals surface area contributed by atoms with Crippen molar-refractivity contribution in [3.05, 3.63) is 40.5 Å². The van der Waals surface area contributed by atoms with E-state index < -0.39 is 23.4 Å². The van der Waals surface area contributed by atoms with Crippen LogP contribution >= 0.6 is 0 Å². The number of hydrogen-bond donors (Lipinski definition) is 3. The van der Waals surface area contributed by atoms with Gasteiger partial charge in [0.2, 0.25) is 5.75 Å². The summed E-state index contributed by atoms with van der Waals surface area (Å²) >= 11 is 0. The zero-order valence-corrected chi connectivity index (χ0v) is 17.4. The Morgan fingerprint density at radius 2 is 1.50 bits per heavy atom. The Bertz CT molecular complexity index is 949. The van der Waals surface area contributed by atoms with Crippen LogP contribution in [0.2, 0.25) is 0 Å². The molecule has 2 aromatic rings. The molecule has 0 aliphatic rings. The topological polar surface area (TPSA) is 123 Å². The molecule has 2 rings (SSSR count). The average Bonchev–Trinajstić information content (AvgIpc) is 2.69. The second-order valence-corrected chi connectivity index (χ2v) is 6.67. The monoisotopic (exact) mass is 418 g/mol. The lowest BCUT2D eigenvalue weighted by atomic mass is 10.00. The van der Waals surface area contributed by atoms with Crippen molar-refractivity contribution < 1.29 is 39.1 Å². The summed E-state index contributed by atoms with van der Waals surface area (Å²) in [6, 6.07) is 4.32. The number of benzene rings is 2. The first-order valence-electron chi connectivity index (χ1n) is 9.57.